The summed E-state index contributed by atoms with van der Waals surface area (Å²) in [7, 11) is 0. The van der Waals surface area contributed by atoms with Gasteiger partial charge in [-0.3, -0.25) is 4.79 Å². The molecule has 1 aromatic heterocycles. The third-order valence-electron chi connectivity index (χ3n) is 3.12. The van der Waals surface area contributed by atoms with E-state index in [9.17, 15) is 4.79 Å². The molecular weight excluding hydrogens is 254 g/mol. The molecule has 0 bridgehead atoms. The molecule has 0 saturated heterocycles. The average Bonchev–Trinajstić information content (AvgIpc) is 2.40. The zero-order valence-electron chi connectivity index (χ0n) is 12.0. The van der Waals surface area contributed by atoms with Crippen LogP contribution in [0.3, 0.4) is 0 Å². The molecule has 20 heavy (non-hydrogen) atoms. The predicted molar refractivity (Wildman–Crippen MR) is 79.2 cm³/mol. The summed E-state index contributed by atoms with van der Waals surface area (Å²) in [6.45, 7) is 6.45. The third-order valence-corrected chi connectivity index (χ3v) is 3.12. The maximum atomic E-state index is 12.2. The maximum absolute atomic E-state index is 12.2. The fourth-order valence-electron chi connectivity index (χ4n) is 1.94. The number of hydrogen-bond acceptors (Lipinski definition) is 4. The molecule has 1 heterocycles. The zero-order valence-corrected chi connectivity index (χ0v) is 12.0. The van der Waals surface area contributed by atoms with Gasteiger partial charge in [0.15, 0.2) is 0 Å². The van der Waals surface area contributed by atoms with Gasteiger partial charge in [0.2, 0.25) is 0 Å². The van der Waals surface area contributed by atoms with Gasteiger partial charge < -0.3 is 15.0 Å². The van der Waals surface area contributed by atoms with Crippen molar-refractivity contribution in [3.05, 3.63) is 46.0 Å². The zero-order chi connectivity index (χ0) is 14.7. The third kappa shape index (κ3) is 2.82. The topological polar surface area (TPSA) is 70.1 Å². The Morgan fingerprint density at radius 2 is 2.05 bits per heavy atom. The molecular formula is C15H19N3O2. The minimum Gasteiger partial charge on any atom is -0.434 e. The minimum atomic E-state index is -0.219. The van der Waals surface area contributed by atoms with Crippen molar-refractivity contribution in [1.82, 2.24) is 9.55 Å². The number of benzene rings is 1. The highest BCUT2D eigenvalue weighted by Gasteiger charge is 2.10. The SMILES string of the molecule is CCCn1ccnc(Oc2cc(C)c(N)cc2C)c1=O. The van der Waals surface area contributed by atoms with Crippen molar-refractivity contribution < 1.29 is 4.74 Å². The van der Waals surface area contributed by atoms with Gasteiger partial charge in [0.05, 0.1) is 0 Å². The number of nitrogen functional groups attached to an aromatic ring is 1. The van der Waals surface area contributed by atoms with Crippen LogP contribution in [0, 0.1) is 13.8 Å². The summed E-state index contributed by atoms with van der Waals surface area (Å²) in [5, 5.41) is 0. The van der Waals surface area contributed by atoms with E-state index in [0.29, 0.717) is 18.0 Å². The Labute approximate surface area is 118 Å². The Bertz CT molecular complexity index is 677. The van der Waals surface area contributed by atoms with Crippen LogP contribution in [-0.2, 0) is 6.54 Å². The standard InChI is InChI=1S/C15H19N3O2/c1-4-6-18-7-5-17-14(15(18)19)20-13-9-10(2)12(16)8-11(13)3/h5,7-9H,4,6,16H2,1-3H3. The van der Waals surface area contributed by atoms with Gasteiger partial charge in [0.25, 0.3) is 5.88 Å². The normalized spacial score (nSPS) is 10.6. The van der Waals surface area contributed by atoms with E-state index in [1.165, 1.54) is 0 Å². The number of hydrogen-bond donors (Lipinski definition) is 1. The number of aryl methyl sites for hydroxylation is 3. The smallest absolute Gasteiger partial charge is 0.313 e. The number of nitrogens with zero attached hydrogens (tertiary/aromatic N) is 2. The van der Waals surface area contributed by atoms with Crippen molar-refractivity contribution in [1.29, 1.82) is 0 Å². The van der Waals surface area contributed by atoms with Crippen molar-refractivity contribution in [3.63, 3.8) is 0 Å². The maximum Gasteiger partial charge on any atom is 0.313 e. The van der Waals surface area contributed by atoms with Crippen LogP contribution in [0.5, 0.6) is 11.6 Å². The van der Waals surface area contributed by atoms with E-state index in [0.717, 1.165) is 17.5 Å². The van der Waals surface area contributed by atoms with E-state index in [1.54, 1.807) is 17.0 Å². The van der Waals surface area contributed by atoms with Crippen LogP contribution in [0.15, 0.2) is 29.3 Å². The van der Waals surface area contributed by atoms with Gasteiger partial charge in [-0.25, -0.2) is 4.98 Å². The van der Waals surface area contributed by atoms with Crippen LogP contribution in [-0.4, -0.2) is 9.55 Å². The van der Waals surface area contributed by atoms with Crippen LogP contribution in [0.25, 0.3) is 0 Å². The molecule has 1 aromatic carbocycles. The highest BCUT2D eigenvalue weighted by molar-refractivity contribution is 5.54. The molecule has 0 radical (unpaired) electrons. The highest BCUT2D eigenvalue weighted by Crippen LogP contribution is 2.26. The first kappa shape index (κ1) is 14.1. The van der Waals surface area contributed by atoms with Crippen molar-refractivity contribution in [2.75, 3.05) is 5.73 Å². The van der Waals surface area contributed by atoms with E-state index in [-0.39, 0.29) is 11.4 Å². The fraction of sp³-hybridized carbons (Fsp3) is 0.333. The van der Waals surface area contributed by atoms with Crippen LogP contribution in [0.4, 0.5) is 5.69 Å². The van der Waals surface area contributed by atoms with Gasteiger partial charge in [-0.2, -0.15) is 0 Å². The molecule has 5 heteroatoms. The second-order valence-corrected chi connectivity index (χ2v) is 4.81. The average molecular weight is 273 g/mol. The van der Waals surface area contributed by atoms with Crippen molar-refractivity contribution in [2.24, 2.45) is 0 Å². The monoisotopic (exact) mass is 273 g/mol. The Morgan fingerprint density at radius 3 is 2.75 bits per heavy atom. The summed E-state index contributed by atoms with van der Waals surface area (Å²) < 4.78 is 7.26. The number of rotatable bonds is 4. The Hall–Kier alpha value is -2.30. The lowest BCUT2D eigenvalue weighted by Gasteiger charge is -2.11. The van der Waals surface area contributed by atoms with Crippen molar-refractivity contribution in [3.8, 4) is 11.6 Å². The Balaban J connectivity index is 2.38. The summed E-state index contributed by atoms with van der Waals surface area (Å²) >= 11 is 0. The Kier molecular flexibility index (Phi) is 4.08. The lowest BCUT2D eigenvalue weighted by atomic mass is 10.1. The molecule has 106 valence electrons. The molecule has 0 aliphatic carbocycles. The molecule has 5 nitrogen and oxygen atoms in total. The summed E-state index contributed by atoms with van der Waals surface area (Å²) in [6, 6.07) is 3.65. The first-order chi connectivity index (χ1) is 9.52. The van der Waals surface area contributed by atoms with Gasteiger partial charge in [0.1, 0.15) is 5.75 Å². The summed E-state index contributed by atoms with van der Waals surface area (Å²) in [6.07, 6.45) is 4.12. The fourth-order valence-corrected chi connectivity index (χ4v) is 1.94. The van der Waals surface area contributed by atoms with E-state index >= 15 is 0 Å². The lowest BCUT2D eigenvalue weighted by Crippen LogP contribution is -2.21. The van der Waals surface area contributed by atoms with Crippen molar-refractivity contribution >= 4 is 5.69 Å². The van der Waals surface area contributed by atoms with E-state index in [4.69, 9.17) is 10.5 Å². The molecule has 2 N–H and O–H groups in total. The summed E-state index contributed by atoms with van der Waals surface area (Å²) in [5.41, 5.74) is 8.12. The number of anilines is 1. The second kappa shape index (κ2) is 5.77. The minimum absolute atomic E-state index is 0.0909. The quantitative estimate of drug-likeness (QED) is 0.869. The summed E-state index contributed by atoms with van der Waals surface area (Å²) in [5.74, 6) is 0.698. The first-order valence-electron chi connectivity index (χ1n) is 6.63. The number of nitrogens with two attached hydrogens (primary N) is 1. The van der Waals surface area contributed by atoms with Crippen LogP contribution in [0.2, 0.25) is 0 Å². The molecule has 0 aliphatic rings. The molecule has 2 aromatic rings. The second-order valence-electron chi connectivity index (χ2n) is 4.81. The van der Waals surface area contributed by atoms with Gasteiger partial charge in [0, 0.05) is 24.6 Å². The number of aromatic nitrogens is 2. The van der Waals surface area contributed by atoms with Crippen LogP contribution in [0.1, 0.15) is 24.5 Å². The molecule has 0 atom stereocenters. The highest BCUT2D eigenvalue weighted by atomic mass is 16.5. The molecule has 0 fully saturated rings. The molecule has 0 unspecified atom stereocenters. The van der Waals surface area contributed by atoms with Gasteiger partial charge in [-0.15, -0.1) is 0 Å². The number of ether oxygens (including phenoxy) is 1. The van der Waals surface area contributed by atoms with Gasteiger partial charge in [-0.1, -0.05) is 6.92 Å². The van der Waals surface area contributed by atoms with Crippen molar-refractivity contribution in [2.45, 2.75) is 33.7 Å². The van der Waals surface area contributed by atoms with Gasteiger partial charge in [-0.05, 0) is 43.5 Å². The molecule has 0 aliphatic heterocycles. The first-order valence-corrected chi connectivity index (χ1v) is 6.63. The molecule has 2 rings (SSSR count). The largest absolute Gasteiger partial charge is 0.434 e. The van der Waals surface area contributed by atoms with E-state index < -0.39 is 0 Å². The molecule has 0 spiro atoms. The van der Waals surface area contributed by atoms with E-state index in [1.807, 2.05) is 32.9 Å². The predicted octanol–water partition coefficient (Wildman–Crippen LogP) is 2.64. The summed E-state index contributed by atoms with van der Waals surface area (Å²) in [4.78, 5) is 16.2. The molecule has 0 amide bonds. The van der Waals surface area contributed by atoms with Crippen LogP contribution >= 0.6 is 0 Å². The van der Waals surface area contributed by atoms with Crippen LogP contribution < -0.4 is 16.0 Å². The van der Waals surface area contributed by atoms with Gasteiger partial charge >= 0.3 is 5.56 Å². The Morgan fingerprint density at radius 1 is 1.30 bits per heavy atom. The molecule has 0 saturated carbocycles. The lowest BCUT2D eigenvalue weighted by molar-refractivity contribution is 0.440. The van der Waals surface area contributed by atoms with E-state index in [2.05, 4.69) is 4.98 Å².